The molecule has 1 aliphatic rings. The summed E-state index contributed by atoms with van der Waals surface area (Å²) in [7, 11) is 0. The molecule has 198 valence electrons. The number of amides is 1. The van der Waals surface area contributed by atoms with Crippen LogP contribution in [-0.2, 0) is 4.79 Å². The number of fused-ring (bicyclic) bond motifs is 2. The van der Waals surface area contributed by atoms with E-state index in [1.807, 2.05) is 36.4 Å². The third-order valence-electron chi connectivity index (χ3n) is 7.83. The molecule has 0 bridgehead atoms. The Kier molecular flexibility index (Phi) is 6.28. The fourth-order valence-electron chi connectivity index (χ4n) is 5.83. The highest BCUT2D eigenvalue weighted by Gasteiger charge is 2.18. The van der Waals surface area contributed by atoms with Crippen molar-refractivity contribution in [3.63, 3.8) is 0 Å². The lowest BCUT2D eigenvalue weighted by atomic mass is 9.87. The van der Waals surface area contributed by atoms with Crippen LogP contribution in [0, 0.1) is 5.92 Å². The average molecular weight is 528 g/mol. The van der Waals surface area contributed by atoms with Gasteiger partial charge in [-0.15, -0.1) is 0 Å². The van der Waals surface area contributed by atoms with Gasteiger partial charge in [0.25, 0.3) is 0 Å². The summed E-state index contributed by atoms with van der Waals surface area (Å²) in [5.41, 5.74) is 8.79. The lowest BCUT2D eigenvalue weighted by molar-refractivity contribution is -0.117. The second kappa shape index (κ2) is 10.4. The number of aromatic nitrogens is 6. The van der Waals surface area contributed by atoms with Gasteiger partial charge in [-0.2, -0.15) is 5.10 Å². The molecule has 0 atom stereocenters. The standard InChI is InChI=1S/C32H29N7O/c40-30(15-20-5-2-1-3-6-20)35-23-16-22(18-34-19-23)26-9-10-28-31(37-26)32(39-38-28)29-17-25-24(7-4-8-27(25)36-29)21-11-13-33-14-12-21/h4,7-14,16-20,36H,1-3,5-6,15H2,(H,35,40)(H,38,39). The molecule has 0 radical (unpaired) electrons. The maximum absolute atomic E-state index is 12.7. The zero-order valence-corrected chi connectivity index (χ0v) is 22.0. The molecule has 0 aliphatic heterocycles. The Morgan fingerprint density at radius 1 is 0.900 bits per heavy atom. The molecule has 1 aliphatic carbocycles. The van der Waals surface area contributed by atoms with Gasteiger partial charge in [0.2, 0.25) is 5.91 Å². The van der Waals surface area contributed by atoms with Gasteiger partial charge in [-0.05, 0) is 72.4 Å². The third-order valence-corrected chi connectivity index (χ3v) is 7.83. The molecule has 6 aromatic rings. The fraction of sp³-hybridized carbons (Fsp3) is 0.219. The third kappa shape index (κ3) is 4.73. The van der Waals surface area contributed by atoms with Crippen LogP contribution >= 0.6 is 0 Å². The van der Waals surface area contributed by atoms with Gasteiger partial charge in [0.1, 0.15) is 11.2 Å². The van der Waals surface area contributed by atoms with Crippen LogP contribution in [0.5, 0.6) is 0 Å². The molecule has 0 spiro atoms. The van der Waals surface area contributed by atoms with Gasteiger partial charge in [-0.25, -0.2) is 4.98 Å². The second-order valence-electron chi connectivity index (χ2n) is 10.6. The maximum atomic E-state index is 12.7. The van der Waals surface area contributed by atoms with Gasteiger partial charge in [0.15, 0.2) is 0 Å². The Morgan fingerprint density at radius 3 is 2.65 bits per heavy atom. The highest BCUT2D eigenvalue weighted by Crippen LogP contribution is 2.34. The summed E-state index contributed by atoms with van der Waals surface area (Å²) in [4.78, 5) is 29.7. The molecule has 0 saturated heterocycles. The monoisotopic (exact) mass is 527 g/mol. The Balaban J connectivity index is 1.19. The van der Waals surface area contributed by atoms with E-state index in [1.165, 1.54) is 19.3 Å². The summed E-state index contributed by atoms with van der Waals surface area (Å²) in [5.74, 6) is 0.537. The predicted molar refractivity (Wildman–Crippen MR) is 157 cm³/mol. The molecule has 7 rings (SSSR count). The van der Waals surface area contributed by atoms with Crippen LogP contribution in [0.1, 0.15) is 38.5 Å². The number of carbonyl (C=O) groups is 1. The summed E-state index contributed by atoms with van der Waals surface area (Å²) in [5, 5.41) is 11.9. The molecule has 3 N–H and O–H groups in total. The summed E-state index contributed by atoms with van der Waals surface area (Å²) in [6.07, 6.45) is 13.7. The van der Waals surface area contributed by atoms with E-state index >= 15 is 0 Å². The molecule has 1 amide bonds. The number of hydrogen-bond acceptors (Lipinski definition) is 5. The van der Waals surface area contributed by atoms with Gasteiger partial charge in [0.05, 0.1) is 28.8 Å². The van der Waals surface area contributed by atoms with Crippen molar-refractivity contribution in [2.45, 2.75) is 38.5 Å². The average Bonchev–Trinajstić information content (AvgIpc) is 3.62. The second-order valence-corrected chi connectivity index (χ2v) is 10.6. The van der Waals surface area contributed by atoms with Crippen molar-refractivity contribution in [3.8, 4) is 33.8 Å². The molecular formula is C32H29N7O. The van der Waals surface area contributed by atoms with Crippen molar-refractivity contribution in [3.05, 3.63) is 79.4 Å². The summed E-state index contributed by atoms with van der Waals surface area (Å²) >= 11 is 0. The van der Waals surface area contributed by atoms with E-state index in [-0.39, 0.29) is 5.91 Å². The van der Waals surface area contributed by atoms with Crippen LogP contribution in [0.3, 0.4) is 0 Å². The molecule has 40 heavy (non-hydrogen) atoms. The van der Waals surface area contributed by atoms with Crippen molar-refractivity contribution in [2.75, 3.05) is 5.32 Å². The number of carbonyl (C=O) groups excluding carboxylic acids is 1. The van der Waals surface area contributed by atoms with Crippen molar-refractivity contribution in [1.82, 2.24) is 30.1 Å². The predicted octanol–water partition coefficient (Wildman–Crippen LogP) is 7.14. The number of aromatic amines is 2. The Hall–Kier alpha value is -4.85. The normalized spacial score (nSPS) is 14.1. The first-order valence-corrected chi connectivity index (χ1v) is 13.8. The van der Waals surface area contributed by atoms with E-state index in [4.69, 9.17) is 4.98 Å². The quantitative estimate of drug-likeness (QED) is 0.213. The van der Waals surface area contributed by atoms with Crippen molar-refractivity contribution in [1.29, 1.82) is 0 Å². The van der Waals surface area contributed by atoms with E-state index in [0.29, 0.717) is 18.0 Å². The van der Waals surface area contributed by atoms with Crippen LogP contribution < -0.4 is 5.32 Å². The molecule has 5 aromatic heterocycles. The first-order chi connectivity index (χ1) is 19.7. The minimum absolute atomic E-state index is 0.0522. The van der Waals surface area contributed by atoms with E-state index in [1.54, 1.807) is 24.8 Å². The van der Waals surface area contributed by atoms with E-state index in [9.17, 15) is 4.79 Å². The number of nitrogens with zero attached hydrogens (tertiary/aromatic N) is 4. The molecule has 8 nitrogen and oxygen atoms in total. The summed E-state index contributed by atoms with van der Waals surface area (Å²) in [6.45, 7) is 0. The molecular weight excluding hydrogens is 498 g/mol. The number of H-pyrrole nitrogens is 2. The Morgan fingerprint density at radius 2 is 1.77 bits per heavy atom. The summed E-state index contributed by atoms with van der Waals surface area (Å²) < 4.78 is 0. The molecule has 8 heteroatoms. The van der Waals surface area contributed by atoms with E-state index in [0.717, 1.165) is 68.6 Å². The molecule has 5 heterocycles. The van der Waals surface area contributed by atoms with Gasteiger partial charge in [-0.3, -0.25) is 19.9 Å². The largest absolute Gasteiger partial charge is 0.353 e. The van der Waals surface area contributed by atoms with Crippen LogP contribution in [0.2, 0.25) is 0 Å². The highest BCUT2D eigenvalue weighted by molar-refractivity contribution is 6.00. The molecule has 1 aromatic carbocycles. The first kappa shape index (κ1) is 24.2. The smallest absolute Gasteiger partial charge is 0.224 e. The van der Waals surface area contributed by atoms with E-state index in [2.05, 4.69) is 48.7 Å². The number of pyridine rings is 3. The maximum Gasteiger partial charge on any atom is 0.224 e. The number of benzene rings is 1. The zero-order chi connectivity index (χ0) is 26.9. The number of nitrogens with one attached hydrogen (secondary N) is 3. The van der Waals surface area contributed by atoms with Gasteiger partial charge < -0.3 is 10.3 Å². The van der Waals surface area contributed by atoms with Crippen molar-refractivity contribution >= 4 is 33.5 Å². The fourth-order valence-corrected chi connectivity index (χ4v) is 5.83. The van der Waals surface area contributed by atoms with Crippen LogP contribution in [0.15, 0.2) is 79.4 Å². The minimum Gasteiger partial charge on any atom is -0.353 e. The van der Waals surface area contributed by atoms with Gasteiger partial charge in [0, 0.05) is 41.5 Å². The Bertz CT molecular complexity index is 1820. The summed E-state index contributed by atoms with van der Waals surface area (Å²) in [6, 6.07) is 18.2. The zero-order valence-electron chi connectivity index (χ0n) is 22.0. The van der Waals surface area contributed by atoms with Crippen molar-refractivity contribution < 1.29 is 4.79 Å². The first-order valence-electron chi connectivity index (χ1n) is 13.8. The lowest BCUT2D eigenvalue weighted by Gasteiger charge is -2.20. The van der Waals surface area contributed by atoms with Crippen LogP contribution in [0.25, 0.3) is 55.7 Å². The lowest BCUT2D eigenvalue weighted by Crippen LogP contribution is -2.18. The van der Waals surface area contributed by atoms with E-state index < -0.39 is 0 Å². The molecule has 0 unspecified atom stereocenters. The molecule has 1 fully saturated rings. The SMILES string of the molecule is O=C(CC1CCCCC1)Nc1cncc(-c2ccc3[nH]nc(-c4cc5c(-c6ccncc6)cccc5[nH]4)c3n2)c1. The van der Waals surface area contributed by atoms with Crippen molar-refractivity contribution in [2.24, 2.45) is 5.92 Å². The molecule has 1 saturated carbocycles. The minimum atomic E-state index is 0.0522. The van der Waals surface area contributed by atoms with Crippen LogP contribution in [0.4, 0.5) is 5.69 Å². The number of hydrogen-bond donors (Lipinski definition) is 3. The van der Waals surface area contributed by atoms with Gasteiger partial charge >= 0.3 is 0 Å². The van der Waals surface area contributed by atoms with Crippen LogP contribution in [-0.4, -0.2) is 36.0 Å². The topological polar surface area (TPSA) is 112 Å². The van der Waals surface area contributed by atoms with Gasteiger partial charge in [-0.1, -0.05) is 31.4 Å². The number of anilines is 1. The highest BCUT2D eigenvalue weighted by atomic mass is 16.1. The Labute approximate surface area is 231 Å². The number of rotatable bonds is 6.